The van der Waals surface area contributed by atoms with Crippen molar-refractivity contribution in [2.45, 2.75) is 31.9 Å². The van der Waals surface area contributed by atoms with E-state index in [9.17, 15) is 0 Å². The molecule has 0 spiro atoms. The molecule has 22 heavy (non-hydrogen) atoms. The Morgan fingerprint density at radius 3 is 3.05 bits per heavy atom. The van der Waals surface area contributed by atoms with Crippen LogP contribution >= 0.6 is 0 Å². The zero-order valence-electron chi connectivity index (χ0n) is 12.5. The number of hydrogen-bond acceptors (Lipinski definition) is 5. The first-order chi connectivity index (χ1) is 10.6. The van der Waals surface area contributed by atoms with E-state index in [1.807, 2.05) is 18.2 Å². The zero-order chi connectivity index (χ0) is 15.2. The van der Waals surface area contributed by atoms with E-state index in [-0.39, 0.29) is 11.6 Å². The molecule has 2 N–H and O–H groups in total. The standard InChI is InChI=1S/C16H17N5O/c1-16(2)7-12(10-5-3-4-6-13(10)22-16)20-14-11-8-19-21-15(11)18-9-17-14/h3-6,8-9,12H,7H2,1-2H3,(H2,17,18,19,20,21). The van der Waals surface area contributed by atoms with E-state index in [0.717, 1.165) is 34.6 Å². The van der Waals surface area contributed by atoms with Crippen molar-refractivity contribution in [1.82, 2.24) is 20.2 Å². The predicted molar refractivity (Wildman–Crippen MR) is 83.8 cm³/mol. The van der Waals surface area contributed by atoms with Crippen LogP contribution in [-0.2, 0) is 0 Å². The first-order valence-electron chi connectivity index (χ1n) is 7.31. The molecular formula is C16H17N5O. The summed E-state index contributed by atoms with van der Waals surface area (Å²) >= 11 is 0. The van der Waals surface area contributed by atoms with E-state index >= 15 is 0 Å². The van der Waals surface area contributed by atoms with Crippen LogP contribution in [0.5, 0.6) is 5.75 Å². The summed E-state index contributed by atoms with van der Waals surface area (Å²) < 4.78 is 6.07. The molecule has 0 bridgehead atoms. The van der Waals surface area contributed by atoms with E-state index in [4.69, 9.17) is 4.74 Å². The third-order valence-corrected chi connectivity index (χ3v) is 3.94. The average molecular weight is 295 g/mol. The van der Waals surface area contributed by atoms with Crippen molar-refractivity contribution in [1.29, 1.82) is 0 Å². The molecule has 0 saturated heterocycles. The van der Waals surface area contributed by atoms with Gasteiger partial charge in [0.15, 0.2) is 5.65 Å². The zero-order valence-corrected chi connectivity index (χ0v) is 12.5. The van der Waals surface area contributed by atoms with Crippen molar-refractivity contribution in [3.8, 4) is 5.75 Å². The number of rotatable bonds is 2. The number of aromatic nitrogens is 4. The normalized spacial score (nSPS) is 19.5. The lowest BCUT2D eigenvalue weighted by atomic mass is 9.89. The Labute approximate surface area is 127 Å². The van der Waals surface area contributed by atoms with Crippen molar-refractivity contribution < 1.29 is 4.74 Å². The fraction of sp³-hybridized carbons (Fsp3) is 0.312. The number of nitrogens with one attached hydrogen (secondary N) is 2. The molecule has 0 radical (unpaired) electrons. The summed E-state index contributed by atoms with van der Waals surface area (Å²) in [5.74, 6) is 1.71. The molecule has 1 atom stereocenters. The van der Waals surface area contributed by atoms with E-state index in [0.29, 0.717) is 0 Å². The lowest BCUT2D eigenvalue weighted by molar-refractivity contribution is 0.0759. The highest BCUT2D eigenvalue weighted by Gasteiger charge is 2.33. The second-order valence-electron chi connectivity index (χ2n) is 6.16. The number of anilines is 1. The fourth-order valence-electron chi connectivity index (χ4n) is 2.98. The van der Waals surface area contributed by atoms with Crippen LogP contribution in [0.4, 0.5) is 5.82 Å². The molecule has 2 aromatic heterocycles. The Morgan fingerprint density at radius 2 is 2.14 bits per heavy atom. The molecule has 1 unspecified atom stereocenters. The first kappa shape index (κ1) is 13.1. The lowest BCUT2D eigenvalue weighted by Gasteiger charge is -2.38. The van der Waals surface area contributed by atoms with Crippen molar-refractivity contribution in [2.75, 3.05) is 5.32 Å². The van der Waals surface area contributed by atoms with Gasteiger partial charge in [0.05, 0.1) is 17.6 Å². The van der Waals surface area contributed by atoms with Crippen LogP contribution in [0.3, 0.4) is 0 Å². The van der Waals surface area contributed by atoms with E-state index in [1.54, 1.807) is 12.5 Å². The number of fused-ring (bicyclic) bond motifs is 2. The van der Waals surface area contributed by atoms with Gasteiger partial charge < -0.3 is 10.1 Å². The molecular weight excluding hydrogens is 278 g/mol. The Bertz CT molecular complexity index is 826. The molecule has 6 heteroatoms. The van der Waals surface area contributed by atoms with Crippen LogP contribution in [0.15, 0.2) is 36.8 Å². The second-order valence-corrected chi connectivity index (χ2v) is 6.16. The monoisotopic (exact) mass is 295 g/mol. The molecule has 6 nitrogen and oxygen atoms in total. The van der Waals surface area contributed by atoms with Gasteiger partial charge in [0, 0.05) is 12.0 Å². The maximum Gasteiger partial charge on any atom is 0.160 e. The van der Waals surface area contributed by atoms with Crippen molar-refractivity contribution in [3.63, 3.8) is 0 Å². The van der Waals surface area contributed by atoms with Crippen LogP contribution in [0.1, 0.15) is 31.9 Å². The average Bonchev–Trinajstić information content (AvgIpc) is 2.95. The van der Waals surface area contributed by atoms with Gasteiger partial charge in [-0.05, 0) is 19.9 Å². The molecule has 112 valence electrons. The predicted octanol–water partition coefficient (Wildman–Crippen LogP) is 3.07. The number of hydrogen-bond donors (Lipinski definition) is 2. The van der Waals surface area contributed by atoms with Gasteiger partial charge in [0.2, 0.25) is 0 Å². The molecule has 0 amide bonds. The van der Waals surface area contributed by atoms with Crippen molar-refractivity contribution in [3.05, 3.63) is 42.4 Å². The molecule has 4 rings (SSSR count). The maximum atomic E-state index is 6.07. The molecule has 0 fully saturated rings. The smallest absolute Gasteiger partial charge is 0.160 e. The summed E-state index contributed by atoms with van der Waals surface area (Å²) in [5.41, 5.74) is 1.66. The summed E-state index contributed by atoms with van der Waals surface area (Å²) in [6.07, 6.45) is 4.14. The van der Waals surface area contributed by atoms with Gasteiger partial charge in [-0.25, -0.2) is 9.97 Å². The largest absolute Gasteiger partial charge is 0.487 e. The minimum atomic E-state index is -0.228. The Morgan fingerprint density at radius 1 is 1.27 bits per heavy atom. The first-order valence-corrected chi connectivity index (χ1v) is 7.31. The lowest BCUT2D eigenvalue weighted by Crippen LogP contribution is -2.37. The van der Waals surface area contributed by atoms with Gasteiger partial charge in [0.25, 0.3) is 0 Å². The molecule has 1 aliphatic heterocycles. The maximum absolute atomic E-state index is 6.07. The van der Waals surface area contributed by atoms with Crippen molar-refractivity contribution >= 4 is 16.9 Å². The van der Waals surface area contributed by atoms with Gasteiger partial charge >= 0.3 is 0 Å². The summed E-state index contributed by atoms with van der Waals surface area (Å²) in [7, 11) is 0. The highest BCUT2D eigenvalue weighted by Crippen LogP contribution is 2.41. The number of aromatic amines is 1. The van der Waals surface area contributed by atoms with Gasteiger partial charge in [0.1, 0.15) is 23.5 Å². The number of benzene rings is 1. The highest BCUT2D eigenvalue weighted by atomic mass is 16.5. The summed E-state index contributed by atoms with van der Waals surface area (Å²) in [6, 6.07) is 8.26. The third kappa shape index (κ3) is 2.16. The van der Waals surface area contributed by atoms with Crippen LogP contribution in [0.25, 0.3) is 11.0 Å². The minimum Gasteiger partial charge on any atom is -0.487 e. The Balaban J connectivity index is 1.75. The Kier molecular flexibility index (Phi) is 2.79. The van der Waals surface area contributed by atoms with E-state index in [1.165, 1.54) is 0 Å². The fourth-order valence-corrected chi connectivity index (χ4v) is 2.98. The van der Waals surface area contributed by atoms with Gasteiger partial charge in [-0.3, -0.25) is 5.10 Å². The van der Waals surface area contributed by atoms with Crippen molar-refractivity contribution in [2.24, 2.45) is 0 Å². The SMILES string of the molecule is CC1(C)CC(Nc2ncnc3[nH]ncc23)c2ccccc2O1. The quantitative estimate of drug-likeness (QED) is 0.760. The second kappa shape index (κ2) is 4.69. The highest BCUT2D eigenvalue weighted by molar-refractivity contribution is 5.85. The molecule has 3 heterocycles. The summed E-state index contributed by atoms with van der Waals surface area (Å²) in [4.78, 5) is 8.54. The van der Waals surface area contributed by atoms with Crippen LogP contribution in [0.2, 0.25) is 0 Å². The van der Waals surface area contributed by atoms with Crippen LogP contribution in [0, 0.1) is 0 Å². The number of para-hydroxylation sites is 1. The van der Waals surface area contributed by atoms with Crippen LogP contribution in [-0.4, -0.2) is 25.8 Å². The van der Waals surface area contributed by atoms with Gasteiger partial charge in [-0.2, -0.15) is 5.10 Å². The van der Waals surface area contributed by atoms with Crippen LogP contribution < -0.4 is 10.1 Å². The Hall–Kier alpha value is -2.63. The van der Waals surface area contributed by atoms with E-state index in [2.05, 4.69) is 45.4 Å². The van der Waals surface area contributed by atoms with Gasteiger partial charge in [-0.1, -0.05) is 18.2 Å². The number of ether oxygens (including phenoxy) is 1. The number of H-pyrrole nitrogens is 1. The molecule has 0 aliphatic carbocycles. The summed E-state index contributed by atoms with van der Waals surface area (Å²) in [6.45, 7) is 4.20. The summed E-state index contributed by atoms with van der Waals surface area (Å²) in [5, 5.41) is 11.3. The third-order valence-electron chi connectivity index (χ3n) is 3.94. The van der Waals surface area contributed by atoms with Gasteiger partial charge in [-0.15, -0.1) is 0 Å². The van der Waals surface area contributed by atoms with E-state index < -0.39 is 0 Å². The minimum absolute atomic E-state index is 0.132. The molecule has 1 aliphatic rings. The molecule has 3 aromatic rings. The number of nitrogens with zero attached hydrogens (tertiary/aromatic N) is 3. The topological polar surface area (TPSA) is 75.7 Å². The molecule has 1 aromatic carbocycles. The molecule has 0 saturated carbocycles.